The summed E-state index contributed by atoms with van der Waals surface area (Å²) in [7, 11) is 0. The SMILES string of the molecule is C1=Cc2cc(COc3ncnc4nc[nH]c34)ccc2C1. The van der Waals surface area contributed by atoms with Gasteiger partial charge in [0.25, 0.3) is 0 Å². The van der Waals surface area contributed by atoms with E-state index < -0.39 is 0 Å². The number of H-pyrrole nitrogens is 1. The lowest BCUT2D eigenvalue weighted by Crippen LogP contribution is -1.99. The highest BCUT2D eigenvalue weighted by Gasteiger charge is 2.09. The van der Waals surface area contributed by atoms with Crippen LogP contribution in [0.25, 0.3) is 17.2 Å². The van der Waals surface area contributed by atoms with Crippen LogP contribution in [0.3, 0.4) is 0 Å². The van der Waals surface area contributed by atoms with Crippen LogP contribution in [0.2, 0.25) is 0 Å². The van der Waals surface area contributed by atoms with Gasteiger partial charge in [-0.3, -0.25) is 0 Å². The normalized spacial score (nSPS) is 12.8. The number of aromatic nitrogens is 4. The fourth-order valence-corrected chi connectivity index (χ4v) is 2.39. The van der Waals surface area contributed by atoms with Crippen LogP contribution in [0, 0.1) is 0 Å². The number of imidazole rings is 1. The number of aromatic amines is 1. The van der Waals surface area contributed by atoms with Gasteiger partial charge in [-0.25, -0.2) is 9.97 Å². The summed E-state index contributed by atoms with van der Waals surface area (Å²) in [5, 5.41) is 0. The van der Waals surface area contributed by atoms with E-state index >= 15 is 0 Å². The van der Waals surface area contributed by atoms with Crippen molar-refractivity contribution in [2.45, 2.75) is 13.0 Å². The van der Waals surface area contributed by atoms with Crippen LogP contribution in [0.15, 0.2) is 36.9 Å². The fraction of sp³-hybridized carbons (Fsp3) is 0.133. The largest absolute Gasteiger partial charge is 0.471 e. The maximum absolute atomic E-state index is 5.78. The van der Waals surface area contributed by atoms with Gasteiger partial charge in [0.15, 0.2) is 5.65 Å². The highest BCUT2D eigenvalue weighted by molar-refractivity contribution is 5.74. The van der Waals surface area contributed by atoms with Crippen molar-refractivity contribution in [3.05, 3.63) is 53.6 Å². The zero-order valence-corrected chi connectivity index (χ0v) is 10.7. The average molecular weight is 264 g/mol. The molecule has 2 aromatic heterocycles. The van der Waals surface area contributed by atoms with Crippen molar-refractivity contribution < 1.29 is 4.74 Å². The molecule has 3 aromatic rings. The third kappa shape index (κ3) is 1.84. The molecule has 2 heterocycles. The second-order valence-electron chi connectivity index (χ2n) is 4.71. The van der Waals surface area contributed by atoms with Crippen LogP contribution in [0.5, 0.6) is 5.88 Å². The van der Waals surface area contributed by atoms with Gasteiger partial charge < -0.3 is 9.72 Å². The van der Waals surface area contributed by atoms with Crippen LogP contribution in [-0.4, -0.2) is 19.9 Å². The van der Waals surface area contributed by atoms with E-state index in [1.807, 2.05) is 0 Å². The molecule has 0 atom stereocenters. The van der Waals surface area contributed by atoms with Crippen molar-refractivity contribution in [1.82, 2.24) is 19.9 Å². The van der Waals surface area contributed by atoms with Gasteiger partial charge in [0.05, 0.1) is 6.33 Å². The molecule has 5 nitrogen and oxygen atoms in total. The predicted octanol–water partition coefficient (Wildman–Crippen LogP) is 2.50. The maximum Gasteiger partial charge on any atom is 0.243 e. The Labute approximate surface area is 115 Å². The van der Waals surface area contributed by atoms with E-state index in [0.29, 0.717) is 18.1 Å². The molecule has 1 N–H and O–H groups in total. The molecule has 98 valence electrons. The molecule has 0 saturated heterocycles. The monoisotopic (exact) mass is 264 g/mol. The van der Waals surface area contributed by atoms with Gasteiger partial charge in [0, 0.05) is 0 Å². The number of fused-ring (bicyclic) bond motifs is 2. The van der Waals surface area contributed by atoms with Crippen LogP contribution in [0.1, 0.15) is 16.7 Å². The van der Waals surface area contributed by atoms with Crippen molar-refractivity contribution in [3.8, 4) is 5.88 Å². The van der Waals surface area contributed by atoms with Gasteiger partial charge in [0.2, 0.25) is 5.88 Å². The maximum atomic E-state index is 5.78. The minimum atomic E-state index is 0.478. The Morgan fingerprint density at radius 2 is 2.20 bits per heavy atom. The number of benzene rings is 1. The molecular formula is C15H12N4O. The van der Waals surface area contributed by atoms with E-state index in [-0.39, 0.29) is 0 Å². The summed E-state index contributed by atoms with van der Waals surface area (Å²) in [6.07, 6.45) is 8.40. The van der Waals surface area contributed by atoms with E-state index in [9.17, 15) is 0 Å². The Bertz CT molecular complexity index is 806. The van der Waals surface area contributed by atoms with E-state index in [1.54, 1.807) is 6.33 Å². The number of hydrogen-bond donors (Lipinski definition) is 1. The van der Waals surface area contributed by atoms with E-state index in [4.69, 9.17) is 4.74 Å². The Balaban J connectivity index is 1.58. The molecule has 0 saturated carbocycles. The van der Waals surface area contributed by atoms with Crippen LogP contribution < -0.4 is 4.74 Å². The van der Waals surface area contributed by atoms with Crippen molar-refractivity contribution in [3.63, 3.8) is 0 Å². The standard InChI is InChI=1S/C15H12N4O/c1-2-11-5-4-10(6-12(11)3-1)7-20-15-13-14(17-8-16-13)18-9-19-15/h1,3-6,8-9H,2,7H2,(H,16,17,18,19). The Morgan fingerprint density at radius 1 is 1.20 bits per heavy atom. The van der Waals surface area contributed by atoms with Gasteiger partial charge in [-0.2, -0.15) is 4.98 Å². The Morgan fingerprint density at radius 3 is 3.20 bits per heavy atom. The molecule has 20 heavy (non-hydrogen) atoms. The first-order chi connectivity index (χ1) is 9.90. The van der Waals surface area contributed by atoms with Crippen molar-refractivity contribution in [1.29, 1.82) is 0 Å². The van der Waals surface area contributed by atoms with E-state index in [0.717, 1.165) is 17.5 Å². The fourth-order valence-electron chi connectivity index (χ4n) is 2.39. The summed E-state index contributed by atoms with van der Waals surface area (Å²) in [5.41, 5.74) is 5.12. The molecule has 1 aliphatic carbocycles. The lowest BCUT2D eigenvalue weighted by Gasteiger charge is -2.07. The summed E-state index contributed by atoms with van der Waals surface area (Å²) in [6.45, 7) is 0.478. The molecular weight excluding hydrogens is 252 g/mol. The predicted molar refractivity (Wildman–Crippen MR) is 75.2 cm³/mol. The summed E-state index contributed by atoms with van der Waals surface area (Å²) in [4.78, 5) is 15.3. The van der Waals surface area contributed by atoms with Gasteiger partial charge >= 0.3 is 0 Å². The second-order valence-corrected chi connectivity index (χ2v) is 4.71. The number of hydrogen-bond acceptors (Lipinski definition) is 4. The van der Waals surface area contributed by atoms with Crippen molar-refractivity contribution in [2.24, 2.45) is 0 Å². The molecule has 1 aliphatic rings. The summed E-state index contributed by atoms with van der Waals surface area (Å²) >= 11 is 0. The first kappa shape index (κ1) is 11.2. The summed E-state index contributed by atoms with van der Waals surface area (Å²) in [6, 6.07) is 6.40. The smallest absolute Gasteiger partial charge is 0.243 e. The molecule has 0 spiro atoms. The highest BCUT2D eigenvalue weighted by Crippen LogP contribution is 2.22. The molecule has 0 radical (unpaired) electrons. The number of nitrogens with one attached hydrogen (secondary N) is 1. The van der Waals surface area contributed by atoms with Crippen LogP contribution >= 0.6 is 0 Å². The summed E-state index contributed by atoms with van der Waals surface area (Å²) < 4.78 is 5.78. The third-order valence-electron chi connectivity index (χ3n) is 3.41. The zero-order chi connectivity index (χ0) is 13.4. The van der Waals surface area contributed by atoms with Crippen molar-refractivity contribution in [2.75, 3.05) is 0 Å². The first-order valence-electron chi connectivity index (χ1n) is 6.45. The van der Waals surface area contributed by atoms with E-state index in [1.165, 1.54) is 17.5 Å². The third-order valence-corrected chi connectivity index (χ3v) is 3.41. The van der Waals surface area contributed by atoms with Gasteiger partial charge in [-0.1, -0.05) is 24.3 Å². The van der Waals surface area contributed by atoms with Crippen molar-refractivity contribution >= 4 is 17.2 Å². The minimum Gasteiger partial charge on any atom is -0.471 e. The molecule has 5 heteroatoms. The quantitative estimate of drug-likeness (QED) is 0.789. The number of allylic oxidation sites excluding steroid dienone is 1. The van der Waals surface area contributed by atoms with E-state index in [2.05, 4.69) is 50.3 Å². The molecule has 0 bridgehead atoms. The van der Waals surface area contributed by atoms with Gasteiger partial charge in [0.1, 0.15) is 18.5 Å². The number of ether oxygens (including phenoxy) is 1. The number of rotatable bonds is 3. The van der Waals surface area contributed by atoms with Crippen LogP contribution in [0.4, 0.5) is 0 Å². The van der Waals surface area contributed by atoms with Crippen LogP contribution in [-0.2, 0) is 13.0 Å². The lowest BCUT2D eigenvalue weighted by atomic mass is 10.1. The van der Waals surface area contributed by atoms with Gasteiger partial charge in [-0.15, -0.1) is 0 Å². The molecule has 0 unspecified atom stereocenters. The molecule has 0 fully saturated rings. The van der Waals surface area contributed by atoms with Gasteiger partial charge in [-0.05, 0) is 29.2 Å². The number of nitrogens with zero attached hydrogens (tertiary/aromatic N) is 3. The highest BCUT2D eigenvalue weighted by atomic mass is 16.5. The molecule has 4 rings (SSSR count). The molecule has 1 aromatic carbocycles. The minimum absolute atomic E-state index is 0.478. The Hall–Kier alpha value is -2.69. The topological polar surface area (TPSA) is 63.7 Å². The lowest BCUT2D eigenvalue weighted by molar-refractivity contribution is 0.297. The zero-order valence-electron chi connectivity index (χ0n) is 10.7. The average Bonchev–Trinajstić information content (AvgIpc) is 3.13. The summed E-state index contributed by atoms with van der Waals surface area (Å²) in [5.74, 6) is 0.531. The Kier molecular flexibility index (Phi) is 2.48. The first-order valence-corrected chi connectivity index (χ1v) is 6.45. The molecule has 0 amide bonds. The molecule has 0 aliphatic heterocycles. The second kappa shape index (κ2) is 4.45.